The fourth-order valence-electron chi connectivity index (χ4n) is 1.55. The molecule has 6 heteroatoms. The lowest BCUT2D eigenvalue weighted by atomic mass is 10.1. The zero-order valence-electron chi connectivity index (χ0n) is 10.8. The lowest BCUT2D eigenvalue weighted by molar-refractivity contribution is 0.295. The van der Waals surface area contributed by atoms with E-state index < -0.39 is 0 Å². The normalized spacial score (nSPS) is 12.4. The Kier molecular flexibility index (Phi) is 3.88. The highest BCUT2D eigenvalue weighted by atomic mass is 16.5. The van der Waals surface area contributed by atoms with E-state index in [1.165, 1.54) is 10.4 Å². The van der Waals surface area contributed by atoms with Crippen LogP contribution >= 0.6 is 0 Å². The van der Waals surface area contributed by atoms with E-state index >= 15 is 0 Å². The molecule has 18 heavy (non-hydrogen) atoms. The lowest BCUT2D eigenvalue weighted by Gasteiger charge is -2.11. The third kappa shape index (κ3) is 3.04. The molecule has 2 rings (SSSR count). The zero-order chi connectivity index (χ0) is 13.0. The molecule has 0 spiro atoms. The van der Waals surface area contributed by atoms with Gasteiger partial charge in [-0.2, -0.15) is 4.80 Å². The van der Waals surface area contributed by atoms with Crippen molar-refractivity contribution in [3.05, 3.63) is 35.7 Å². The lowest BCUT2D eigenvalue weighted by Crippen LogP contribution is -2.11. The first-order chi connectivity index (χ1) is 8.69. The van der Waals surface area contributed by atoms with Gasteiger partial charge in [-0.25, -0.2) is 0 Å². The van der Waals surface area contributed by atoms with E-state index in [0.717, 1.165) is 5.75 Å². The topological polar surface area (TPSA) is 64.9 Å². The van der Waals surface area contributed by atoms with Crippen LogP contribution in [0.3, 0.4) is 0 Å². The van der Waals surface area contributed by atoms with E-state index in [9.17, 15) is 0 Å². The molecule has 0 saturated carbocycles. The summed E-state index contributed by atoms with van der Waals surface area (Å²) in [7, 11) is 3.67. The molecule has 1 unspecified atom stereocenters. The van der Waals surface area contributed by atoms with Crippen molar-refractivity contribution in [1.29, 1.82) is 0 Å². The average Bonchev–Trinajstić information content (AvgIpc) is 2.82. The van der Waals surface area contributed by atoms with Gasteiger partial charge in [-0.05, 0) is 36.9 Å². The van der Waals surface area contributed by atoms with Gasteiger partial charge in [-0.3, -0.25) is 0 Å². The fourth-order valence-corrected chi connectivity index (χ4v) is 1.55. The monoisotopic (exact) mass is 247 g/mol. The second kappa shape index (κ2) is 5.59. The maximum absolute atomic E-state index is 5.58. The minimum Gasteiger partial charge on any atom is -0.485 e. The van der Waals surface area contributed by atoms with Crippen LogP contribution in [-0.2, 0) is 13.7 Å². The number of nitrogens with zero attached hydrogens (tertiary/aromatic N) is 4. The number of tetrazole rings is 1. The number of ether oxygens (including phenoxy) is 1. The summed E-state index contributed by atoms with van der Waals surface area (Å²) in [6.07, 6.45) is 0. The molecule has 1 N–H and O–H groups in total. The van der Waals surface area contributed by atoms with E-state index in [1.807, 2.05) is 31.3 Å². The van der Waals surface area contributed by atoms with Crippen molar-refractivity contribution in [3.63, 3.8) is 0 Å². The van der Waals surface area contributed by atoms with Crippen LogP contribution in [0.25, 0.3) is 0 Å². The molecule has 0 aliphatic carbocycles. The molecule has 0 fully saturated rings. The highest BCUT2D eigenvalue weighted by molar-refractivity contribution is 5.28. The number of nitrogens with one attached hydrogen (secondary N) is 1. The second-order valence-corrected chi connectivity index (χ2v) is 4.06. The van der Waals surface area contributed by atoms with Crippen molar-refractivity contribution >= 4 is 0 Å². The first-order valence-corrected chi connectivity index (χ1v) is 5.82. The van der Waals surface area contributed by atoms with Crippen LogP contribution in [0.15, 0.2) is 24.3 Å². The van der Waals surface area contributed by atoms with Crippen molar-refractivity contribution in [3.8, 4) is 5.75 Å². The summed E-state index contributed by atoms with van der Waals surface area (Å²) in [5.41, 5.74) is 1.22. The van der Waals surface area contributed by atoms with Gasteiger partial charge < -0.3 is 10.1 Å². The molecule has 0 aliphatic rings. The number of hydrogen-bond acceptors (Lipinski definition) is 5. The van der Waals surface area contributed by atoms with Crippen LogP contribution in [0, 0.1) is 0 Å². The van der Waals surface area contributed by atoms with Crippen LogP contribution in [0.4, 0.5) is 0 Å². The third-order valence-electron chi connectivity index (χ3n) is 2.73. The van der Waals surface area contributed by atoms with Gasteiger partial charge in [0.2, 0.25) is 5.82 Å². The first kappa shape index (κ1) is 12.5. The predicted octanol–water partition coefficient (Wildman–Crippen LogP) is 1.07. The Morgan fingerprint density at radius 1 is 1.33 bits per heavy atom. The summed E-state index contributed by atoms with van der Waals surface area (Å²) < 4.78 is 5.58. The van der Waals surface area contributed by atoms with Gasteiger partial charge in [0.15, 0.2) is 6.61 Å². The van der Waals surface area contributed by atoms with Gasteiger partial charge in [0.05, 0.1) is 7.05 Å². The van der Waals surface area contributed by atoms with E-state index in [2.05, 4.69) is 27.7 Å². The summed E-state index contributed by atoms with van der Waals surface area (Å²) in [6, 6.07) is 8.31. The van der Waals surface area contributed by atoms with E-state index in [-0.39, 0.29) is 0 Å². The molecule has 0 radical (unpaired) electrons. The smallest absolute Gasteiger partial charge is 0.212 e. The minimum absolute atomic E-state index is 0.328. The van der Waals surface area contributed by atoms with Gasteiger partial charge in [0.1, 0.15) is 5.75 Å². The Morgan fingerprint density at radius 3 is 2.61 bits per heavy atom. The standard InChI is InChI=1S/C12H17N5O/c1-9(13-2)10-4-6-11(7-5-10)18-8-12-14-16-17(3)15-12/h4-7,9,13H,8H2,1-3H3. The molecule has 1 atom stereocenters. The molecule has 0 saturated heterocycles. The number of aromatic nitrogens is 4. The van der Waals surface area contributed by atoms with Gasteiger partial charge in [-0.1, -0.05) is 12.1 Å². The van der Waals surface area contributed by atoms with Crippen LogP contribution in [0.5, 0.6) is 5.75 Å². The Morgan fingerprint density at radius 2 is 2.06 bits per heavy atom. The Labute approximate surface area is 106 Å². The molecule has 6 nitrogen and oxygen atoms in total. The number of rotatable bonds is 5. The number of hydrogen-bond donors (Lipinski definition) is 1. The highest BCUT2D eigenvalue weighted by Gasteiger charge is 2.04. The summed E-state index contributed by atoms with van der Waals surface area (Å²) >= 11 is 0. The zero-order valence-corrected chi connectivity index (χ0v) is 10.8. The van der Waals surface area contributed by atoms with Gasteiger partial charge in [-0.15, -0.1) is 10.2 Å². The van der Waals surface area contributed by atoms with Gasteiger partial charge in [0, 0.05) is 6.04 Å². The molecular formula is C12H17N5O. The van der Waals surface area contributed by atoms with E-state index in [1.54, 1.807) is 7.05 Å². The van der Waals surface area contributed by atoms with Crippen LogP contribution in [0.1, 0.15) is 24.4 Å². The predicted molar refractivity (Wildman–Crippen MR) is 67.0 cm³/mol. The summed E-state index contributed by atoms with van der Waals surface area (Å²) in [4.78, 5) is 1.41. The van der Waals surface area contributed by atoms with Crippen molar-refractivity contribution in [2.24, 2.45) is 7.05 Å². The van der Waals surface area contributed by atoms with Crippen molar-refractivity contribution in [1.82, 2.24) is 25.5 Å². The van der Waals surface area contributed by atoms with Crippen LogP contribution in [0.2, 0.25) is 0 Å². The van der Waals surface area contributed by atoms with Crippen molar-refractivity contribution < 1.29 is 4.74 Å². The van der Waals surface area contributed by atoms with Crippen LogP contribution in [-0.4, -0.2) is 27.3 Å². The Bertz CT molecular complexity index is 493. The molecular weight excluding hydrogens is 230 g/mol. The maximum Gasteiger partial charge on any atom is 0.212 e. The van der Waals surface area contributed by atoms with Crippen molar-refractivity contribution in [2.75, 3.05) is 7.05 Å². The summed E-state index contributed by atoms with van der Waals surface area (Å²) in [6.45, 7) is 2.44. The number of benzene rings is 1. The van der Waals surface area contributed by atoms with E-state index in [4.69, 9.17) is 4.74 Å². The average molecular weight is 247 g/mol. The molecule has 0 bridgehead atoms. The molecule has 96 valence electrons. The van der Waals surface area contributed by atoms with Gasteiger partial charge >= 0.3 is 0 Å². The molecule has 1 aromatic carbocycles. The number of aryl methyl sites for hydroxylation is 1. The molecule has 1 aromatic heterocycles. The molecule has 2 aromatic rings. The minimum atomic E-state index is 0.328. The first-order valence-electron chi connectivity index (χ1n) is 5.82. The summed E-state index contributed by atoms with van der Waals surface area (Å²) in [5.74, 6) is 1.37. The molecule has 1 heterocycles. The Balaban J connectivity index is 1.94. The van der Waals surface area contributed by atoms with E-state index in [0.29, 0.717) is 18.5 Å². The molecule has 0 amide bonds. The third-order valence-corrected chi connectivity index (χ3v) is 2.73. The largest absolute Gasteiger partial charge is 0.485 e. The molecule has 0 aliphatic heterocycles. The van der Waals surface area contributed by atoms with Crippen molar-refractivity contribution in [2.45, 2.75) is 19.6 Å². The van der Waals surface area contributed by atoms with Gasteiger partial charge in [0.25, 0.3) is 0 Å². The maximum atomic E-state index is 5.58. The fraction of sp³-hybridized carbons (Fsp3) is 0.417. The SMILES string of the molecule is CNC(C)c1ccc(OCc2nnn(C)n2)cc1. The second-order valence-electron chi connectivity index (χ2n) is 4.06. The Hall–Kier alpha value is -1.95. The quantitative estimate of drug-likeness (QED) is 0.856. The van der Waals surface area contributed by atoms with Crippen LogP contribution < -0.4 is 10.1 Å². The highest BCUT2D eigenvalue weighted by Crippen LogP contribution is 2.17. The summed E-state index contributed by atoms with van der Waals surface area (Å²) in [5, 5.41) is 14.8.